The van der Waals surface area contributed by atoms with Crippen molar-refractivity contribution < 1.29 is 19.0 Å². The number of rotatable bonds is 7. The van der Waals surface area contributed by atoms with Crippen molar-refractivity contribution in [1.82, 2.24) is 20.0 Å². The monoisotopic (exact) mass is 376 g/mol. The first-order valence-electron chi connectivity index (χ1n) is 8.94. The molecule has 3 rings (SSSR count). The van der Waals surface area contributed by atoms with Crippen molar-refractivity contribution in [2.45, 2.75) is 31.5 Å². The first kappa shape index (κ1) is 19.3. The molecule has 146 valence electrons. The summed E-state index contributed by atoms with van der Waals surface area (Å²) < 4.78 is 20.9. The summed E-state index contributed by atoms with van der Waals surface area (Å²) in [6, 6.07) is 4.44. The highest BCUT2D eigenvalue weighted by Crippen LogP contribution is 2.25. The van der Waals surface area contributed by atoms with Crippen LogP contribution in [0.1, 0.15) is 24.0 Å². The normalized spacial score (nSPS) is 20.1. The number of aliphatic hydroxyl groups is 1. The molecule has 27 heavy (non-hydrogen) atoms. The Hall–Kier alpha value is -2.45. The number of amides is 1. The average Bonchev–Trinajstić information content (AvgIpc) is 3.06. The lowest BCUT2D eigenvalue weighted by Crippen LogP contribution is -2.57. The first-order valence-corrected chi connectivity index (χ1v) is 8.94. The fourth-order valence-electron chi connectivity index (χ4n) is 3.36. The summed E-state index contributed by atoms with van der Waals surface area (Å²) in [5.41, 5.74) is -0.148. The molecule has 1 aliphatic rings. The highest BCUT2D eigenvalue weighted by Gasteiger charge is 2.41. The van der Waals surface area contributed by atoms with E-state index in [0.29, 0.717) is 37.2 Å². The zero-order valence-corrected chi connectivity index (χ0v) is 15.6. The van der Waals surface area contributed by atoms with E-state index < -0.39 is 11.4 Å². The number of likely N-dealkylation sites (tertiary alicyclic amines) is 1. The van der Waals surface area contributed by atoms with Crippen molar-refractivity contribution in [2.75, 3.05) is 20.2 Å². The maximum Gasteiger partial charge on any atom is 0.256 e. The van der Waals surface area contributed by atoms with Crippen LogP contribution in [0, 0.1) is 5.82 Å². The number of hydrogen-bond donors (Lipinski definition) is 2. The molecule has 1 atom stereocenters. The molecule has 2 N–H and O–H groups in total. The molecule has 0 bridgehead atoms. The van der Waals surface area contributed by atoms with Crippen LogP contribution in [0.15, 0.2) is 30.6 Å². The van der Waals surface area contributed by atoms with Gasteiger partial charge in [-0.1, -0.05) is 0 Å². The highest BCUT2D eigenvalue weighted by molar-refractivity contribution is 5.86. The number of nitrogens with zero attached hydrogens (tertiary/aromatic N) is 3. The van der Waals surface area contributed by atoms with Crippen LogP contribution in [0.4, 0.5) is 4.39 Å². The maximum atomic E-state index is 14.1. The summed E-state index contributed by atoms with van der Waals surface area (Å²) in [4.78, 5) is 14.3. The second kappa shape index (κ2) is 8.06. The molecule has 1 fully saturated rings. The van der Waals surface area contributed by atoms with Crippen LogP contribution in [0.5, 0.6) is 5.75 Å². The van der Waals surface area contributed by atoms with Gasteiger partial charge in [0.05, 0.1) is 13.3 Å². The second-order valence-corrected chi connectivity index (χ2v) is 6.94. The van der Waals surface area contributed by atoms with Crippen molar-refractivity contribution >= 4 is 5.91 Å². The Labute approximate surface area is 157 Å². The van der Waals surface area contributed by atoms with Crippen LogP contribution in [0.25, 0.3) is 0 Å². The Balaban J connectivity index is 1.63. The van der Waals surface area contributed by atoms with E-state index in [0.717, 1.165) is 5.56 Å². The summed E-state index contributed by atoms with van der Waals surface area (Å²) in [7, 11) is 3.34. The van der Waals surface area contributed by atoms with Gasteiger partial charge in [0.25, 0.3) is 5.91 Å². The molecule has 1 aromatic heterocycles. The van der Waals surface area contributed by atoms with Gasteiger partial charge < -0.3 is 20.1 Å². The van der Waals surface area contributed by atoms with E-state index in [1.807, 2.05) is 13.2 Å². The Kier molecular flexibility index (Phi) is 5.76. The quantitative estimate of drug-likeness (QED) is 0.759. The molecule has 0 radical (unpaired) electrons. The number of carbonyl (C=O) groups excluding carboxylic acids is 1. The summed E-state index contributed by atoms with van der Waals surface area (Å²) in [6.45, 7) is 1.24. The van der Waals surface area contributed by atoms with Crippen molar-refractivity contribution in [3.8, 4) is 5.75 Å². The van der Waals surface area contributed by atoms with Gasteiger partial charge in [-0.05, 0) is 31.0 Å². The molecule has 2 heterocycles. The van der Waals surface area contributed by atoms with E-state index in [1.54, 1.807) is 16.9 Å². The number of benzene rings is 1. The van der Waals surface area contributed by atoms with Gasteiger partial charge in [-0.2, -0.15) is 5.10 Å². The summed E-state index contributed by atoms with van der Waals surface area (Å²) in [6.07, 6.45) is 4.64. The van der Waals surface area contributed by atoms with Crippen molar-refractivity contribution in [3.05, 3.63) is 47.5 Å². The number of piperidine rings is 1. The number of nitrogens with one attached hydrogen (secondary N) is 1. The Morgan fingerprint density at radius 3 is 2.96 bits per heavy atom. The number of halogens is 1. The third kappa shape index (κ3) is 4.45. The number of aromatic nitrogens is 2. The van der Waals surface area contributed by atoms with Gasteiger partial charge in [0.2, 0.25) is 0 Å². The Morgan fingerprint density at radius 2 is 2.26 bits per heavy atom. The molecule has 2 aromatic rings. The van der Waals surface area contributed by atoms with Gasteiger partial charge in [0.1, 0.15) is 11.6 Å². The van der Waals surface area contributed by atoms with Crippen molar-refractivity contribution in [2.24, 2.45) is 7.05 Å². The highest BCUT2D eigenvalue weighted by atomic mass is 19.1. The van der Waals surface area contributed by atoms with Crippen LogP contribution in [-0.4, -0.2) is 51.5 Å². The minimum Gasteiger partial charge on any atom is -0.497 e. The molecule has 0 saturated carbocycles. The van der Waals surface area contributed by atoms with Gasteiger partial charge in [-0.15, -0.1) is 0 Å². The first-order chi connectivity index (χ1) is 12.9. The lowest BCUT2D eigenvalue weighted by Gasteiger charge is -2.38. The van der Waals surface area contributed by atoms with Crippen LogP contribution in [0.3, 0.4) is 0 Å². The van der Waals surface area contributed by atoms with E-state index in [-0.39, 0.29) is 19.0 Å². The smallest absolute Gasteiger partial charge is 0.256 e. The largest absolute Gasteiger partial charge is 0.497 e. The van der Waals surface area contributed by atoms with E-state index in [4.69, 9.17) is 4.74 Å². The summed E-state index contributed by atoms with van der Waals surface area (Å²) >= 11 is 0. The summed E-state index contributed by atoms with van der Waals surface area (Å²) in [5.74, 6) is -0.244. The SMILES string of the molecule is COc1ccc(F)c(CN2CCCC(O)(CNCc3cnn(C)c3)C2=O)c1. The van der Waals surface area contributed by atoms with Gasteiger partial charge in [-0.3, -0.25) is 9.48 Å². The van der Waals surface area contributed by atoms with Gasteiger partial charge in [-0.25, -0.2) is 4.39 Å². The van der Waals surface area contributed by atoms with Gasteiger partial charge >= 0.3 is 0 Å². The number of hydrogen-bond acceptors (Lipinski definition) is 5. The minimum absolute atomic E-state index is 0.104. The number of carbonyl (C=O) groups is 1. The number of aryl methyl sites for hydroxylation is 1. The minimum atomic E-state index is -1.49. The zero-order chi connectivity index (χ0) is 19.4. The zero-order valence-electron chi connectivity index (χ0n) is 15.6. The predicted octanol–water partition coefficient (Wildman–Crippen LogP) is 1.21. The summed E-state index contributed by atoms with van der Waals surface area (Å²) in [5, 5.41) is 18.1. The lowest BCUT2D eigenvalue weighted by atomic mass is 9.91. The number of methoxy groups -OCH3 is 1. The molecule has 1 amide bonds. The molecular formula is C19H25FN4O3. The third-order valence-electron chi connectivity index (χ3n) is 4.82. The molecule has 1 aromatic carbocycles. The average molecular weight is 376 g/mol. The topological polar surface area (TPSA) is 79.6 Å². The van der Waals surface area contributed by atoms with Crippen LogP contribution in [0.2, 0.25) is 0 Å². The van der Waals surface area contributed by atoms with Crippen molar-refractivity contribution in [1.29, 1.82) is 0 Å². The predicted molar refractivity (Wildman–Crippen MR) is 97.5 cm³/mol. The molecule has 0 spiro atoms. The van der Waals surface area contributed by atoms with Crippen LogP contribution in [-0.2, 0) is 24.9 Å². The molecule has 1 aliphatic heterocycles. The van der Waals surface area contributed by atoms with E-state index in [1.165, 1.54) is 24.1 Å². The van der Waals surface area contributed by atoms with Gasteiger partial charge in [0, 0.05) is 50.6 Å². The molecule has 0 aliphatic carbocycles. The molecule has 1 unspecified atom stereocenters. The fourth-order valence-corrected chi connectivity index (χ4v) is 3.36. The van der Waals surface area contributed by atoms with E-state index in [9.17, 15) is 14.3 Å². The molecule has 1 saturated heterocycles. The van der Waals surface area contributed by atoms with Crippen LogP contribution < -0.4 is 10.1 Å². The van der Waals surface area contributed by atoms with Crippen LogP contribution >= 0.6 is 0 Å². The Morgan fingerprint density at radius 1 is 1.44 bits per heavy atom. The van der Waals surface area contributed by atoms with Gasteiger partial charge in [0.15, 0.2) is 5.60 Å². The standard InChI is InChI=1S/C19H25FN4O3/c1-23-11-14(10-22-23)9-21-13-19(26)6-3-7-24(18(19)25)12-15-8-16(27-2)4-5-17(15)20/h4-5,8,10-11,21,26H,3,6-7,9,12-13H2,1-2H3. The van der Waals surface area contributed by atoms with E-state index >= 15 is 0 Å². The molecular weight excluding hydrogens is 351 g/mol. The third-order valence-corrected chi connectivity index (χ3v) is 4.82. The van der Waals surface area contributed by atoms with Crippen molar-refractivity contribution in [3.63, 3.8) is 0 Å². The fraction of sp³-hybridized carbons (Fsp3) is 0.474. The molecule has 7 nitrogen and oxygen atoms in total. The lowest BCUT2D eigenvalue weighted by molar-refractivity contribution is -0.157. The number of ether oxygens (including phenoxy) is 1. The second-order valence-electron chi connectivity index (χ2n) is 6.94. The maximum absolute atomic E-state index is 14.1. The molecule has 8 heteroatoms. The van der Waals surface area contributed by atoms with E-state index in [2.05, 4.69) is 10.4 Å². The Bertz CT molecular complexity index is 810.